The lowest BCUT2D eigenvalue weighted by atomic mass is 10.1. The highest BCUT2D eigenvalue weighted by atomic mass is 32.1. The van der Waals surface area contributed by atoms with E-state index in [1.165, 1.54) is 11.3 Å². The van der Waals surface area contributed by atoms with Crippen molar-refractivity contribution >= 4 is 11.3 Å². The van der Waals surface area contributed by atoms with E-state index in [-0.39, 0.29) is 0 Å². The molecule has 0 saturated heterocycles. The average molecular weight is 188 g/mol. The van der Waals surface area contributed by atoms with E-state index < -0.39 is 18.8 Å². The van der Waals surface area contributed by atoms with E-state index in [9.17, 15) is 5.11 Å². The fraction of sp³-hybridized carbons (Fsp3) is 0.500. The molecule has 0 spiro atoms. The van der Waals surface area contributed by atoms with Crippen LogP contribution in [-0.2, 0) is 0 Å². The van der Waals surface area contributed by atoms with Crippen molar-refractivity contribution in [2.24, 2.45) is 0 Å². The van der Waals surface area contributed by atoms with Crippen molar-refractivity contribution in [1.82, 2.24) is 0 Å². The number of aryl methyl sites for hydroxylation is 1. The molecule has 1 heterocycles. The van der Waals surface area contributed by atoms with Crippen LogP contribution in [0.4, 0.5) is 0 Å². The molecule has 0 aliphatic heterocycles. The highest BCUT2D eigenvalue weighted by Gasteiger charge is 2.18. The molecule has 0 saturated carbocycles. The smallest absolute Gasteiger partial charge is 0.116 e. The van der Waals surface area contributed by atoms with Crippen LogP contribution in [0.1, 0.15) is 16.5 Å². The molecule has 3 N–H and O–H groups in total. The zero-order valence-corrected chi connectivity index (χ0v) is 7.58. The summed E-state index contributed by atoms with van der Waals surface area (Å²) in [5.74, 6) is 0. The predicted molar refractivity (Wildman–Crippen MR) is 47.1 cm³/mol. The highest BCUT2D eigenvalue weighted by Crippen LogP contribution is 2.23. The van der Waals surface area contributed by atoms with Crippen molar-refractivity contribution < 1.29 is 15.3 Å². The fourth-order valence-corrected chi connectivity index (χ4v) is 1.84. The fourth-order valence-electron chi connectivity index (χ4n) is 0.898. The van der Waals surface area contributed by atoms with Gasteiger partial charge in [0, 0.05) is 4.88 Å². The van der Waals surface area contributed by atoms with Gasteiger partial charge in [-0.3, -0.25) is 0 Å². The molecular formula is C8H12O3S. The number of hydrogen-bond donors (Lipinski definition) is 3. The summed E-state index contributed by atoms with van der Waals surface area (Å²) in [4.78, 5) is 0.689. The molecular weight excluding hydrogens is 176 g/mol. The van der Waals surface area contributed by atoms with Gasteiger partial charge in [0.05, 0.1) is 6.61 Å². The lowest BCUT2D eigenvalue weighted by Crippen LogP contribution is -2.21. The van der Waals surface area contributed by atoms with Gasteiger partial charge in [-0.1, -0.05) is 0 Å². The van der Waals surface area contributed by atoms with Crippen molar-refractivity contribution in [3.63, 3.8) is 0 Å². The van der Waals surface area contributed by atoms with E-state index in [1.807, 2.05) is 12.3 Å². The summed E-state index contributed by atoms with van der Waals surface area (Å²) in [5.41, 5.74) is 1.05. The minimum Gasteiger partial charge on any atom is -0.394 e. The van der Waals surface area contributed by atoms with Crippen LogP contribution in [0.15, 0.2) is 11.4 Å². The Morgan fingerprint density at radius 1 is 1.50 bits per heavy atom. The molecule has 2 unspecified atom stereocenters. The summed E-state index contributed by atoms with van der Waals surface area (Å²) in [6.45, 7) is 1.50. The molecule has 1 aromatic rings. The lowest BCUT2D eigenvalue weighted by molar-refractivity contribution is -0.0135. The Hall–Kier alpha value is -0.420. The Morgan fingerprint density at radius 3 is 2.58 bits per heavy atom. The molecule has 0 amide bonds. The van der Waals surface area contributed by atoms with Gasteiger partial charge in [-0.2, -0.15) is 0 Å². The van der Waals surface area contributed by atoms with Crippen LogP contribution < -0.4 is 0 Å². The first-order valence-corrected chi connectivity index (χ1v) is 4.55. The molecule has 0 fully saturated rings. The monoisotopic (exact) mass is 188 g/mol. The molecule has 4 heteroatoms. The van der Waals surface area contributed by atoms with Crippen LogP contribution in [0, 0.1) is 6.92 Å². The largest absolute Gasteiger partial charge is 0.394 e. The van der Waals surface area contributed by atoms with Crippen LogP contribution in [0.25, 0.3) is 0 Å². The van der Waals surface area contributed by atoms with Gasteiger partial charge in [0.2, 0.25) is 0 Å². The Balaban J connectivity index is 2.70. The second-order valence-corrected chi connectivity index (χ2v) is 3.66. The highest BCUT2D eigenvalue weighted by molar-refractivity contribution is 7.10. The van der Waals surface area contributed by atoms with Crippen molar-refractivity contribution in [2.45, 2.75) is 19.1 Å². The van der Waals surface area contributed by atoms with E-state index in [2.05, 4.69) is 0 Å². The number of hydrogen-bond acceptors (Lipinski definition) is 4. The minimum atomic E-state index is -1.08. The van der Waals surface area contributed by atoms with Crippen molar-refractivity contribution in [3.05, 3.63) is 21.9 Å². The first kappa shape index (κ1) is 9.67. The molecule has 68 valence electrons. The van der Waals surface area contributed by atoms with Gasteiger partial charge >= 0.3 is 0 Å². The first-order chi connectivity index (χ1) is 5.65. The third kappa shape index (κ3) is 2.04. The van der Waals surface area contributed by atoms with Gasteiger partial charge in [0.25, 0.3) is 0 Å². The van der Waals surface area contributed by atoms with E-state index in [1.54, 1.807) is 6.07 Å². The van der Waals surface area contributed by atoms with Gasteiger partial charge in [-0.05, 0) is 23.9 Å². The SMILES string of the molecule is Cc1csc(C(O)C(O)CO)c1. The second-order valence-electron chi connectivity index (χ2n) is 2.72. The molecule has 3 nitrogen and oxygen atoms in total. The minimum absolute atomic E-state index is 0.419. The number of rotatable bonds is 3. The number of aliphatic hydroxyl groups is 3. The lowest BCUT2D eigenvalue weighted by Gasteiger charge is -2.12. The summed E-state index contributed by atoms with van der Waals surface area (Å²) >= 11 is 1.38. The molecule has 1 rings (SSSR count). The average Bonchev–Trinajstić information content (AvgIpc) is 2.49. The van der Waals surface area contributed by atoms with Crippen molar-refractivity contribution in [3.8, 4) is 0 Å². The molecule has 0 aromatic carbocycles. The quantitative estimate of drug-likeness (QED) is 0.645. The van der Waals surface area contributed by atoms with Gasteiger partial charge in [0.15, 0.2) is 0 Å². The van der Waals surface area contributed by atoms with Crippen LogP contribution in [0.2, 0.25) is 0 Å². The van der Waals surface area contributed by atoms with E-state index in [4.69, 9.17) is 10.2 Å². The molecule has 0 bridgehead atoms. The topological polar surface area (TPSA) is 60.7 Å². The third-order valence-corrected chi connectivity index (χ3v) is 2.72. The van der Waals surface area contributed by atoms with Gasteiger partial charge < -0.3 is 15.3 Å². The molecule has 12 heavy (non-hydrogen) atoms. The van der Waals surface area contributed by atoms with E-state index >= 15 is 0 Å². The summed E-state index contributed by atoms with van der Waals surface area (Å²) in [7, 11) is 0. The second kappa shape index (κ2) is 4.00. The maximum absolute atomic E-state index is 9.40. The van der Waals surface area contributed by atoms with Crippen LogP contribution in [0.5, 0.6) is 0 Å². The maximum atomic E-state index is 9.40. The summed E-state index contributed by atoms with van der Waals surface area (Å²) in [6, 6.07) is 1.80. The van der Waals surface area contributed by atoms with Crippen LogP contribution in [-0.4, -0.2) is 28.0 Å². The normalized spacial score (nSPS) is 16.0. The van der Waals surface area contributed by atoms with Crippen LogP contribution in [0.3, 0.4) is 0 Å². The Kier molecular flexibility index (Phi) is 3.22. The molecule has 0 aliphatic carbocycles. The summed E-state index contributed by atoms with van der Waals surface area (Å²) in [6.07, 6.45) is -2.04. The molecule has 0 aliphatic rings. The number of aliphatic hydroxyl groups excluding tert-OH is 3. The molecule has 2 atom stereocenters. The first-order valence-electron chi connectivity index (χ1n) is 3.67. The van der Waals surface area contributed by atoms with Crippen molar-refractivity contribution in [2.75, 3.05) is 6.61 Å². The van der Waals surface area contributed by atoms with E-state index in [0.717, 1.165) is 5.56 Å². The third-order valence-electron chi connectivity index (χ3n) is 1.59. The van der Waals surface area contributed by atoms with Crippen molar-refractivity contribution in [1.29, 1.82) is 0 Å². The summed E-state index contributed by atoms with van der Waals surface area (Å²) < 4.78 is 0. The van der Waals surface area contributed by atoms with E-state index in [0.29, 0.717) is 4.88 Å². The standard InChI is InChI=1S/C8H12O3S/c1-5-2-7(12-4-5)8(11)6(10)3-9/h2,4,6,8-11H,3H2,1H3. The summed E-state index contributed by atoms with van der Waals surface area (Å²) in [5, 5.41) is 29.0. The molecule has 0 radical (unpaired) electrons. The zero-order valence-electron chi connectivity index (χ0n) is 6.77. The van der Waals surface area contributed by atoms with Gasteiger partial charge in [-0.25, -0.2) is 0 Å². The molecule has 1 aromatic heterocycles. The number of thiophene rings is 1. The maximum Gasteiger partial charge on any atom is 0.116 e. The van der Waals surface area contributed by atoms with Gasteiger partial charge in [0.1, 0.15) is 12.2 Å². The predicted octanol–water partition coefficient (Wildman–Crippen LogP) is 0.443. The Labute approximate surface area is 74.9 Å². The zero-order chi connectivity index (χ0) is 9.14. The Bertz CT molecular complexity index is 246. The Morgan fingerprint density at radius 2 is 2.17 bits per heavy atom. The van der Waals surface area contributed by atoms with Crippen LogP contribution >= 0.6 is 11.3 Å². The van der Waals surface area contributed by atoms with Gasteiger partial charge in [-0.15, -0.1) is 11.3 Å².